The molecule has 1 aliphatic rings. The molecule has 0 radical (unpaired) electrons. The second-order valence-electron chi connectivity index (χ2n) is 5.88. The third-order valence-electron chi connectivity index (χ3n) is 3.28. The van der Waals surface area contributed by atoms with Gasteiger partial charge in [-0.05, 0) is 39.3 Å². The molecule has 1 unspecified atom stereocenters. The van der Waals surface area contributed by atoms with Gasteiger partial charge in [-0.15, -0.1) is 0 Å². The monoisotopic (exact) mass is 312 g/mol. The van der Waals surface area contributed by atoms with Gasteiger partial charge in [-0.25, -0.2) is 13.4 Å². The van der Waals surface area contributed by atoms with Gasteiger partial charge in [0, 0.05) is 6.20 Å². The maximum absolute atomic E-state index is 12.4. The van der Waals surface area contributed by atoms with E-state index in [1.165, 1.54) is 0 Å². The Labute approximate surface area is 124 Å². The molecule has 1 aromatic heterocycles. The van der Waals surface area contributed by atoms with Crippen molar-refractivity contribution in [1.82, 2.24) is 10.3 Å². The average Bonchev–Trinajstić information content (AvgIpc) is 2.63. The number of carbonyl (C=O) groups excluding carboxylic acids is 1. The van der Waals surface area contributed by atoms with Gasteiger partial charge in [0.25, 0.3) is 5.91 Å². The lowest BCUT2D eigenvalue weighted by Crippen LogP contribution is -2.47. The van der Waals surface area contributed by atoms with E-state index < -0.39 is 15.4 Å². The maximum Gasteiger partial charge on any atom is 0.257 e. The molecule has 0 spiro atoms. The van der Waals surface area contributed by atoms with Crippen LogP contribution < -0.4 is 10.1 Å². The summed E-state index contributed by atoms with van der Waals surface area (Å²) in [6, 6.07) is 3.27. The van der Waals surface area contributed by atoms with E-state index in [0.717, 1.165) is 0 Å². The number of rotatable bonds is 4. The molecule has 1 atom stereocenters. The van der Waals surface area contributed by atoms with E-state index in [9.17, 15) is 13.2 Å². The number of ether oxygens (including phenoxy) is 1. The molecule has 116 valence electrons. The van der Waals surface area contributed by atoms with Crippen LogP contribution in [0.4, 0.5) is 0 Å². The van der Waals surface area contributed by atoms with Gasteiger partial charge in [-0.2, -0.15) is 0 Å². The van der Waals surface area contributed by atoms with E-state index >= 15 is 0 Å². The van der Waals surface area contributed by atoms with Crippen molar-refractivity contribution in [1.29, 1.82) is 0 Å². The molecule has 0 aliphatic carbocycles. The molecule has 1 saturated heterocycles. The molecule has 1 fully saturated rings. The summed E-state index contributed by atoms with van der Waals surface area (Å²) in [5.74, 6) is -0.0359. The SMILES string of the molecule is CC(C)Oc1ncccc1C(=O)NC1(C)CCS(=O)(=O)C1. The third-order valence-corrected chi connectivity index (χ3v) is 5.18. The van der Waals surface area contributed by atoms with Crippen LogP contribution in [-0.2, 0) is 9.84 Å². The smallest absolute Gasteiger partial charge is 0.257 e. The fourth-order valence-electron chi connectivity index (χ4n) is 2.33. The molecule has 1 aromatic rings. The Morgan fingerprint density at radius 1 is 1.48 bits per heavy atom. The van der Waals surface area contributed by atoms with Crippen LogP contribution in [0.2, 0.25) is 0 Å². The van der Waals surface area contributed by atoms with Crippen LogP contribution in [0.1, 0.15) is 37.6 Å². The van der Waals surface area contributed by atoms with Crippen molar-refractivity contribution in [2.75, 3.05) is 11.5 Å². The number of pyridine rings is 1. The zero-order valence-corrected chi connectivity index (χ0v) is 13.2. The molecule has 0 saturated carbocycles. The molecule has 21 heavy (non-hydrogen) atoms. The number of hydrogen-bond acceptors (Lipinski definition) is 5. The van der Waals surface area contributed by atoms with Crippen molar-refractivity contribution in [2.45, 2.75) is 38.8 Å². The Hall–Kier alpha value is -1.63. The van der Waals surface area contributed by atoms with Crippen molar-refractivity contribution < 1.29 is 17.9 Å². The van der Waals surface area contributed by atoms with Gasteiger partial charge in [0.05, 0.1) is 23.1 Å². The fraction of sp³-hybridized carbons (Fsp3) is 0.571. The standard InChI is InChI=1S/C14H20N2O4S/c1-10(2)20-13-11(5-4-7-15-13)12(17)16-14(3)6-8-21(18,19)9-14/h4-5,7,10H,6,8-9H2,1-3H3,(H,16,17). The van der Waals surface area contributed by atoms with Gasteiger partial charge < -0.3 is 10.1 Å². The van der Waals surface area contributed by atoms with Crippen LogP contribution in [-0.4, -0.2) is 42.5 Å². The summed E-state index contributed by atoms with van der Waals surface area (Å²) >= 11 is 0. The van der Waals surface area contributed by atoms with Crippen LogP contribution in [0.15, 0.2) is 18.3 Å². The number of sulfone groups is 1. The summed E-state index contributed by atoms with van der Waals surface area (Å²) < 4.78 is 28.7. The predicted molar refractivity (Wildman–Crippen MR) is 79.1 cm³/mol. The zero-order valence-electron chi connectivity index (χ0n) is 12.4. The van der Waals surface area contributed by atoms with Gasteiger partial charge >= 0.3 is 0 Å². The van der Waals surface area contributed by atoms with Crippen molar-refractivity contribution >= 4 is 15.7 Å². The van der Waals surface area contributed by atoms with E-state index in [-0.39, 0.29) is 29.4 Å². The molecular formula is C14H20N2O4S. The quantitative estimate of drug-likeness (QED) is 0.902. The molecule has 7 heteroatoms. The summed E-state index contributed by atoms with van der Waals surface area (Å²) in [4.78, 5) is 16.5. The average molecular weight is 312 g/mol. The van der Waals surface area contributed by atoms with E-state index in [1.807, 2.05) is 13.8 Å². The number of amides is 1. The number of nitrogens with one attached hydrogen (secondary N) is 1. The Morgan fingerprint density at radius 2 is 2.19 bits per heavy atom. The van der Waals surface area contributed by atoms with Gasteiger partial charge in [-0.3, -0.25) is 4.79 Å². The van der Waals surface area contributed by atoms with Gasteiger partial charge in [0.1, 0.15) is 5.56 Å². The maximum atomic E-state index is 12.4. The Morgan fingerprint density at radius 3 is 2.76 bits per heavy atom. The van der Waals surface area contributed by atoms with Gasteiger partial charge in [0.15, 0.2) is 9.84 Å². The third kappa shape index (κ3) is 3.93. The minimum Gasteiger partial charge on any atom is -0.474 e. The topological polar surface area (TPSA) is 85.4 Å². The van der Waals surface area contributed by atoms with Gasteiger partial charge in [-0.1, -0.05) is 0 Å². The van der Waals surface area contributed by atoms with E-state index in [1.54, 1.807) is 25.3 Å². The van der Waals surface area contributed by atoms with E-state index in [0.29, 0.717) is 12.0 Å². The number of aromatic nitrogens is 1. The van der Waals surface area contributed by atoms with Crippen molar-refractivity contribution in [3.63, 3.8) is 0 Å². The minimum atomic E-state index is -3.07. The largest absolute Gasteiger partial charge is 0.474 e. The second kappa shape index (κ2) is 5.63. The molecule has 2 heterocycles. The van der Waals surface area contributed by atoms with Crippen LogP contribution >= 0.6 is 0 Å². The summed E-state index contributed by atoms with van der Waals surface area (Å²) in [5, 5.41) is 2.80. The van der Waals surface area contributed by atoms with Crippen LogP contribution in [0.3, 0.4) is 0 Å². The molecule has 1 amide bonds. The molecule has 1 aliphatic heterocycles. The van der Waals surface area contributed by atoms with Crippen molar-refractivity contribution in [3.8, 4) is 5.88 Å². The highest BCUT2D eigenvalue weighted by Gasteiger charge is 2.39. The molecule has 1 N–H and O–H groups in total. The molecular weight excluding hydrogens is 292 g/mol. The number of carbonyl (C=O) groups is 1. The van der Waals surface area contributed by atoms with Crippen LogP contribution in [0.25, 0.3) is 0 Å². The Kier molecular flexibility index (Phi) is 4.22. The highest BCUT2D eigenvalue weighted by Crippen LogP contribution is 2.24. The molecule has 0 aromatic carbocycles. The Balaban J connectivity index is 2.18. The second-order valence-corrected chi connectivity index (χ2v) is 8.06. The summed E-state index contributed by atoms with van der Waals surface area (Å²) in [6.45, 7) is 5.44. The highest BCUT2D eigenvalue weighted by atomic mass is 32.2. The number of hydrogen-bond donors (Lipinski definition) is 1. The van der Waals surface area contributed by atoms with Crippen molar-refractivity contribution in [3.05, 3.63) is 23.9 Å². The first kappa shape index (κ1) is 15.8. The summed E-state index contributed by atoms with van der Waals surface area (Å²) in [7, 11) is -3.07. The van der Waals surface area contributed by atoms with Gasteiger partial charge in [0.2, 0.25) is 5.88 Å². The lowest BCUT2D eigenvalue weighted by Gasteiger charge is -2.24. The zero-order chi connectivity index (χ0) is 15.7. The summed E-state index contributed by atoms with van der Waals surface area (Å²) in [6.07, 6.45) is 1.87. The van der Waals surface area contributed by atoms with Crippen LogP contribution in [0.5, 0.6) is 5.88 Å². The van der Waals surface area contributed by atoms with E-state index in [2.05, 4.69) is 10.3 Å². The first-order valence-electron chi connectivity index (χ1n) is 6.85. The molecule has 0 bridgehead atoms. The van der Waals surface area contributed by atoms with E-state index in [4.69, 9.17) is 4.74 Å². The molecule has 6 nitrogen and oxygen atoms in total. The first-order chi connectivity index (χ1) is 9.71. The lowest BCUT2D eigenvalue weighted by molar-refractivity contribution is 0.0908. The Bertz CT molecular complexity index is 642. The lowest BCUT2D eigenvalue weighted by atomic mass is 10.0. The normalized spacial score (nSPS) is 24.0. The fourth-order valence-corrected chi connectivity index (χ4v) is 4.42. The molecule has 2 rings (SSSR count). The highest BCUT2D eigenvalue weighted by molar-refractivity contribution is 7.91. The predicted octanol–water partition coefficient (Wildman–Crippen LogP) is 1.18. The number of nitrogens with zero attached hydrogens (tertiary/aromatic N) is 1. The minimum absolute atomic E-state index is 0.0353. The van der Waals surface area contributed by atoms with Crippen molar-refractivity contribution in [2.24, 2.45) is 0 Å². The van der Waals surface area contributed by atoms with Crippen LogP contribution in [0, 0.1) is 0 Å². The first-order valence-corrected chi connectivity index (χ1v) is 8.67. The summed E-state index contributed by atoms with van der Waals surface area (Å²) in [5.41, 5.74) is -0.419.